The van der Waals surface area contributed by atoms with E-state index in [-0.39, 0.29) is 12.3 Å². The highest BCUT2D eigenvalue weighted by Gasteiger charge is 2.49. The van der Waals surface area contributed by atoms with Gasteiger partial charge in [-0.15, -0.1) is 0 Å². The second-order valence-electron chi connectivity index (χ2n) is 6.88. The van der Waals surface area contributed by atoms with Crippen molar-refractivity contribution in [2.24, 2.45) is 5.92 Å². The van der Waals surface area contributed by atoms with Gasteiger partial charge in [0, 0.05) is 6.54 Å². The molecule has 1 aliphatic heterocycles. The molecule has 1 aromatic carbocycles. The lowest BCUT2D eigenvalue weighted by molar-refractivity contribution is -0.134. The molecule has 0 radical (unpaired) electrons. The van der Waals surface area contributed by atoms with Gasteiger partial charge < -0.3 is 15.4 Å². The molecule has 7 nitrogen and oxygen atoms in total. The van der Waals surface area contributed by atoms with E-state index in [1.807, 2.05) is 13.8 Å². The second kappa shape index (κ2) is 8.32. The topological polar surface area (TPSA) is 87.7 Å². The van der Waals surface area contributed by atoms with Crippen molar-refractivity contribution in [3.8, 4) is 5.75 Å². The molecule has 2 rings (SSSR count). The van der Waals surface area contributed by atoms with Gasteiger partial charge >= 0.3 is 12.6 Å². The van der Waals surface area contributed by atoms with Crippen LogP contribution in [-0.2, 0) is 15.1 Å². The number of rotatable bonds is 8. The highest BCUT2D eigenvalue weighted by Crippen LogP contribution is 2.30. The van der Waals surface area contributed by atoms with Crippen LogP contribution in [0.15, 0.2) is 24.3 Å². The number of nitrogens with zero attached hydrogens (tertiary/aromatic N) is 1. The van der Waals surface area contributed by atoms with Crippen molar-refractivity contribution in [2.75, 3.05) is 13.1 Å². The van der Waals surface area contributed by atoms with Crippen LogP contribution in [0.4, 0.5) is 13.6 Å². The first-order valence-corrected chi connectivity index (χ1v) is 8.59. The third-order valence-electron chi connectivity index (χ3n) is 4.28. The Labute approximate surface area is 156 Å². The van der Waals surface area contributed by atoms with Crippen molar-refractivity contribution in [3.63, 3.8) is 0 Å². The maximum atomic E-state index is 12.7. The van der Waals surface area contributed by atoms with Crippen molar-refractivity contribution >= 4 is 17.8 Å². The normalized spacial score (nSPS) is 19.6. The van der Waals surface area contributed by atoms with Crippen molar-refractivity contribution in [3.05, 3.63) is 29.8 Å². The summed E-state index contributed by atoms with van der Waals surface area (Å²) in [6.45, 7) is 2.66. The number of nitrogens with one attached hydrogen (secondary N) is 2. The fourth-order valence-electron chi connectivity index (χ4n) is 2.71. The Kier molecular flexibility index (Phi) is 6.35. The molecule has 0 spiro atoms. The number of amides is 4. The quantitative estimate of drug-likeness (QED) is 0.674. The number of hydrogen-bond acceptors (Lipinski definition) is 4. The van der Waals surface area contributed by atoms with Crippen LogP contribution in [0, 0.1) is 5.92 Å². The number of urea groups is 1. The molecule has 1 atom stereocenters. The molecule has 0 unspecified atom stereocenters. The second-order valence-corrected chi connectivity index (χ2v) is 6.88. The van der Waals surface area contributed by atoms with E-state index in [0.717, 1.165) is 11.3 Å². The Morgan fingerprint density at radius 2 is 1.89 bits per heavy atom. The lowest BCUT2D eigenvalue weighted by Crippen LogP contribution is -2.43. The van der Waals surface area contributed by atoms with Crippen LogP contribution in [0.5, 0.6) is 5.75 Å². The van der Waals surface area contributed by atoms with Gasteiger partial charge in [0.05, 0.1) is 0 Å². The monoisotopic (exact) mass is 383 g/mol. The highest BCUT2D eigenvalue weighted by atomic mass is 19.3. The van der Waals surface area contributed by atoms with Crippen LogP contribution in [0.25, 0.3) is 0 Å². The van der Waals surface area contributed by atoms with E-state index in [1.165, 1.54) is 31.2 Å². The molecule has 0 aromatic heterocycles. The largest absolute Gasteiger partial charge is 0.435 e. The zero-order valence-electron chi connectivity index (χ0n) is 15.4. The third kappa shape index (κ3) is 4.93. The van der Waals surface area contributed by atoms with Gasteiger partial charge in [-0.1, -0.05) is 26.0 Å². The van der Waals surface area contributed by atoms with Crippen molar-refractivity contribution in [1.82, 2.24) is 15.5 Å². The van der Waals surface area contributed by atoms with Gasteiger partial charge in [-0.3, -0.25) is 14.5 Å². The molecule has 148 valence electrons. The lowest BCUT2D eigenvalue weighted by atomic mass is 9.92. The first kappa shape index (κ1) is 20.6. The van der Waals surface area contributed by atoms with E-state index >= 15 is 0 Å². The molecule has 9 heteroatoms. The van der Waals surface area contributed by atoms with E-state index in [4.69, 9.17) is 0 Å². The summed E-state index contributed by atoms with van der Waals surface area (Å²) in [7, 11) is 0. The van der Waals surface area contributed by atoms with E-state index < -0.39 is 30.0 Å². The standard InChI is InChI=1S/C18H23F2N3O4/c1-11(2)8-9-21-14(24)10-23-15(25)18(3,22-17(23)26)12-4-6-13(7-5-12)27-16(19)20/h4-7,11,16H,8-10H2,1-3H3,(H,21,24)(H,22,26)/t18-/m1/s1. The minimum absolute atomic E-state index is 0.0597. The van der Waals surface area contributed by atoms with Gasteiger partial charge in [-0.25, -0.2) is 4.79 Å². The molecule has 1 heterocycles. The number of halogens is 2. The molecule has 2 N–H and O–H groups in total. The molecule has 4 amide bonds. The van der Waals surface area contributed by atoms with Gasteiger partial charge in [-0.2, -0.15) is 8.78 Å². The molecule has 1 aromatic rings. The van der Waals surface area contributed by atoms with Crippen LogP contribution in [0.2, 0.25) is 0 Å². The third-order valence-corrected chi connectivity index (χ3v) is 4.28. The Balaban J connectivity index is 2.06. The summed E-state index contributed by atoms with van der Waals surface area (Å²) < 4.78 is 28.7. The lowest BCUT2D eigenvalue weighted by Gasteiger charge is -2.22. The number of imide groups is 1. The maximum absolute atomic E-state index is 12.7. The Morgan fingerprint density at radius 3 is 2.44 bits per heavy atom. The number of ether oxygens (including phenoxy) is 1. The highest BCUT2D eigenvalue weighted by molar-refractivity contribution is 6.09. The summed E-state index contributed by atoms with van der Waals surface area (Å²) in [6.07, 6.45) is 0.788. The van der Waals surface area contributed by atoms with Crippen LogP contribution < -0.4 is 15.4 Å². The molecule has 0 aliphatic carbocycles. The number of hydrogen-bond donors (Lipinski definition) is 2. The molecule has 27 heavy (non-hydrogen) atoms. The van der Waals surface area contributed by atoms with Crippen LogP contribution >= 0.6 is 0 Å². The Morgan fingerprint density at radius 1 is 1.26 bits per heavy atom. The summed E-state index contributed by atoms with van der Waals surface area (Å²) >= 11 is 0. The van der Waals surface area contributed by atoms with Gasteiger partial charge in [0.1, 0.15) is 17.8 Å². The predicted molar refractivity (Wildman–Crippen MR) is 93.1 cm³/mol. The molecule has 1 fully saturated rings. The summed E-state index contributed by atoms with van der Waals surface area (Å²) in [6, 6.07) is 4.72. The number of carbonyl (C=O) groups is 3. The van der Waals surface area contributed by atoms with Crippen molar-refractivity contribution < 1.29 is 27.9 Å². The minimum Gasteiger partial charge on any atom is -0.435 e. The molecular formula is C18H23F2N3O4. The van der Waals surface area contributed by atoms with Gasteiger partial charge in [0.2, 0.25) is 5.91 Å². The number of benzene rings is 1. The Hall–Kier alpha value is -2.71. The van der Waals surface area contributed by atoms with E-state index in [0.29, 0.717) is 18.0 Å². The fourth-order valence-corrected chi connectivity index (χ4v) is 2.71. The van der Waals surface area contributed by atoms with E-state index in [1.54, 1.807) is 0 Å². The summed E-state index contributed by atoms with van der Waals surface area (Å²) in [4.78, 5) is 37.8. The van der Waals surface area contributed by atoms with Gasteiger partial charge in [-0.05, 0) is 37.0 Å². The minimum atomic E-state index is -2.95. The Bertz CT molecular complexity index is 709. The first-order valence-electron chi connectivity index (χ1n) is 8.59. The van der Waals surface area contributed by atoms with Crippen molar-refractivity contribution in [2.45, 2.75) is 39.3 Å². The van der Waals surface area contributed by atoms with Crippen LogP contribution in [0.3, 0.4) is 0 Å². The average Bonchev–Trinajstić information content (AvgIpc) is 2.79. The zero-order chi connectivity index (χ0) is 20.2. The smallest absolute Gasteiger partial charge is 0.387 e. The predicted octanol–water partition coefficient (Wildman–Crippen LogP) is 2.22. The average molecular weight is 383 g/mol. The molecular weight excluding hydrogens is 360 g/mol. The molecule has 1 saturated heterocycles. The number of carbonyl (C=O) groups excluding carboxylic acids is 3. The van der Waals surface area contributed by atoms with Crippen molar-refractivity contribution in [1.29, 1.82) is 0 Å². The van der Waals surface area contributed by atoms with E-state index in [9.17, 15) is 23.2 Å². The summed E-state index contributed by atoms with van der Waals surface area (Å²) in [5, 5.41) is 5.23. The first-order chi connectivity index (χ1) is 12.6. The summed E-state index contributed by atoms with van der Waals surface area (Å²) in [5.41, 5.74) is -0.997. The van der Waals surface area contributed by atoms with Gasteiger partial charge in [0.15, 0.2) is 0 Å². The van der Waals surface area contributed by atoms with Gasteiger partial charge in [0.25, 0.3) is 5.91 Å². The van der Waals surface area contributed by atoms with Crippen LogP contribution in [0.1, 0.15) is 32.8 Å². The van der Waals surface area contributed by atoms with E-state index in [2.05, 4.69) is 15.4 Å². The summed E-state index contributed by atoms with van der Waals surface area (Å²) in [5.74, 6) is -0.657. The number of alkyl halides is 2. The maximum Gasteiger partial charge on any atom is 0.387 e. The van der Waals surface area contributed by atoms with Crippen LogP contribution in [-0.4, -0.2) is 42.4 Å². The SMILES string of the molecule is CC(C)CCNC(=O)CN1C(=O)N[C@](C)(c2ccc(OC(F)F)cc2)C1=O. The molecule has 1 aliphatic rings. The molecule has 0 bridgehead atoms. The zero-order valence-corrected chi connectivity index (χ0v) is 15.4. The fraction of sp³-hybridized carbons (Fsp3) is 0.500. The molecule has 0 saturated carbocycles.